The second-order valence-electron chi connectivity index (χ2n) is 4.41. The molecule has 2 aromatic heterocycles. The number of nitrogens with two attached hydrogens (primary N) is 1. The monoisotopic (exact) mass is 279 g/mol. The first-order valence-electron chi connectivity index (χ1n) is 6.36. The maximum absolute atomic E-state index is 12.1. The standard InChI is InChI=1S/C15H13N5O/c16-11-4-3-5-12(10-11)20-9-7-13(19-20)15(21)18-14-6-1-2-8-17-14/h1-10H,16H2,(H,17,18,21). The van der Waals surface area contributed by atoms with Crippen LogP contribution in [0.4, 0.5) is 11.5 Å². The maximum Gasteiger partial charge on any atom is 0.277 e. The van der Waals surface area contributed by atoms with E-state index in [-0.39, 0.29) is 5.91 Å². The van der Waals surface area contributed by atoms with Crippen LogP contribution in [0.15, 0.2) is 60.9 Å². The third kappa shape index (κ3) is 2.89. The summed E-state index contributed by atoms with van der Waals surface area (Å²) in [5, 5.41) is 6.92. The van der Waals surface area contributed by atoms with Gasteiger partial charge < -0.3 is 11.1 Å². The summed E-state index contributed by atoms with van der Waals surface area (Å²) in [6, 6.07) is 14.2. The molecule has 0 aliphatic rings. The van der Waals surface area contributed by atoms with Gasteiger partial charge in [-0.3, -0.25) is 4.79 Å². The molecule has 6 heteroatoms. The van der Waals surface area contributed by atoms with Gasteiger partial charge in [-0.1, -0.05) is 12.1 Å². The minimum absolute atomic E-state index is 0.308. The summed E-state index contributed by atoms with van der Waals surface area (Å²) in [6.07, 6.45) is 3.32. The summed E-state index contributed by atoms with van der Waals surface area (Å²) < 4.78 is 1.60. The van der Waals surface area contributed by atoms with Gasteiger partial charge in [-0.05, 0) is 36.4 Å². The molecule has 1 aromatic carbocycles. The maximum atomic E-state index is 12.1. The fourth-order valence-electron chi connectivity index (χ4n) is 1.87. The van der Waals surface area contributed by atoms with E-state index >= 15 is 0 Å². The molecule has 6 nitrogen and oxygen atoms in total. The van der Waals surface area contributed by atoms with Crippen molar-refractivity contribution >= 4 is 17.4 Å². The van der Waals surface area contributed by atoms with E-state index in [1.165, 1.54) is 0 Å². The van der Waals surface area contributed by atoms with Crippen molar-refractivity contribution in [3.63, 3.8) is 0 Å². The van der Waals surface area contributed by atoms with E-state index in [2.05, 4.69) is 15.4 Å². The van der Waals surface area contributed by atoms with Crippen LogP contribution in [0.3, 0.4) is 0 Å². The number of pyridine rings is 1. The fraction of sp³-hybridized carbons (Fsp3) is 0. The Morgan fingerprint density at radius 3 is 2.81 bits per heavy atom. The Hall–Kier alpha value is -3.15. The molecule has 3 N–H and O–H groups in total. The van der Waals surface area contributed by atoms with Crippen molar-refractivity contribution in [3.8, 4) is 5.69 Å². The molecule has 0 spiro atoms. The fourth-order valence-corrected chi connectivity index (χ4v) is 1.87. The number of nitrogens with one attached hydrogen (secondary N) is 1. The number of rotatable bonds is 3. The van der Waals surface area contributed by atoms with Gasteiger partial charge in [0.15, 0.2) is 5.69 Å². The zero-order valence-electron chi connectivity index (χ0n) is 11.1. The normalized spacial score (nSPS) is 10.3. The van der Waals surface area contributed by atoms with Gasteiger partial charge in [-0.25, -0.2) is 9.67 Å². The minimum atomic E-state index is -0.309. The minimum Gasteiger partial charge on any atom is -0.399 e. The third-order valence-electron chi connectivity index (χ3n) is 2.86. The van der Waals surface area contributed by atoms with E-state index < -0.39 is 0 Å². The van der Waals surface area contributed by atoms with Gasteiger partial charge in [0.2, 0.25) is 0 Å². The molecule has 0 atom stereocenters. The van der Waals surface area contributed by atoms with Crippen LogP contribution in [-0.4, -0.2) is 20.7 Å². The number of carbonyl (C=O) groups is 1. The van der Waals surface area contributed by atoms with Crippen molar-refractivity contribution in [1.82, 2.24) is 14.8 Å². The zero-order valence-corrected chi connectivity index (χ0v) is 11.1. The van der Waals surface area contributed by atoms with Crippen molar-refractivity contribution in [3.05, 3.63) is 66.6 Å². The highest BCUT2D eigenvalue weighted by Gasteiger charge is 2.10. The highest BCUT2D eigenvalue weighted by molar-refractivity contribution is 6.02. The number of carbonyl (C=O) groups excluding carboxylic acids is 1. The predicted molar refractivity (Wildman–Crippen MR) is 80.2 cm³/mol. The molecule has 0 saturated heterocycles. The van der Waals surface area contributed by atoms with E-state index in [1.54, 1.807) is 53.5 Å². The van der Waals surface area contributed by atoms with E-state index in [0.717, 1.165) is 5.69 Å². The van der Waals surface area contributed by atoms with Gasteiger partial charge in [0.05, 0.1) is 5.69 Å². The van der Waals surface area contributed by atoms with Crippen LogP contribution in [0.2, 0.25) is 0 Å². The largest absolute Gasteiger partial charge is 0.399 e. The number of amides is 1. The number of nitrogen functional groups attached to an aromatic ring is 1. The molecule has 0 aliphatic heterocycles. The van der Waals surface area contributed by atoms with Crippen molar-refractivity contribution in [2.45, 2.75) is 0 Å². The van der Waals surface area contributed by atoms with Crippen LogP contribution in [0.25, 0.3) is 5.69 Å². The van der Waals surface area contributed by atoms with Crippen molar-refractivity contribution in [2.75, 3.05) is 11.1 Å². The summed E-state index contributed by atoms with van der Waals surface area (Å²) in [5.41, 5.74) is 7.48. The lowest BCUT2D eigenvalue weighted by Gasteiger charge is -2.03. The lowest BCUT2D eigenvalue weighted by Crippen LogP contribution is -2.14. The molecule has 1 amide bonds. The van der Waals surface area contributed by atoms with Gasteiger partial charge in [0.1, 0.15) is 5.82 Å². The first-order chi connectivity index (χ1) is 10.2. The van der Waals surface area contributed by atoms with Crippen molar-refractivity contribution in [2.24, 2.45) is 0 Å². The average molecular weight is 279 g/mol. The summed E-state index contributed by atoms with van der Waals surface area (Å²) in [4.78, 5) is 16.1. The molecular weight excluding hydrogens is 266 g/mol. The molecule has 0 fully saturated rings. The summed E-state index contributed by atoms with van der Waals surface area (Å²) >= 11 is 0. The van der Waals surface area contributed by atoms with Crippen molar-refractivity contribution < 1.29 is 4.79 Å². The highest BCUT2D eigenvalue weighted by atomic mass is 16.2. The molecule has 21 heavy (non-hydrogen) atoms. The molecule has 0 unspecified atom stereocenters. The van der Waals surface area contributed by atoms with Gasteiger partial charge in [0.25, 0.3) is 5.91 Å². The SMILES string of the molecule is Nc1cccc(-n2ccc(C(=O)Nc3ccccn3)n2)c1. The Labute approximate surface area is 121 Å². The number of hydrogen-bond acceptors (Lipinski definition) is 4. The summed E-state index contributed by atoms with van der Waals surface area (Å²) in [7, 11) is 0. The van der Waals surface area contributed by atoms with Gasteiger partial charge >= 0.3 is 0 Å². The summed E-state index contributed by atoms with van der Waals surface area (Å²) in [6.45, 7) is 0. The van der Waals surface area contributed by atoms with E-state index in [9.17, 15) is 4.79 Å². The zero-order chi connectivity index (χ0) is 14.7. The smallest absolute Gasteiger partial charge is 0.277 e. The van der Waals surface area contributed by atoms with Crippen LogP contribution in [0.1, 0.15) is 10.5 Å². The molecule has 104 valence electrons. The van der Waals surface area contributed by atoms with Crippen LogP contribution in [0, 0.1) is 0 Å². The topological polar surface area (TPSA) is 85.8 Å². The summed E-state index contributed by atoms with van der Waals surface area (Å²) in [5.74, 6) is 0.178. The van der Waals surface area contributed by atoms with Crippen LogP contribution in [-0.2, 0) is 0 Å². The molecule has 3 rings (SSSR count). The Bertz CT molecular complexity index is 766. The molecule has 3 aromatic rings. The van der Waals surface area contributed by atoms with Crippen LogP contribution in [0.5, 0.6) is 0 Å². The Morgan fingerprint density at radius 1 is 1.14 bits per heavy atom. The number of benzene rings is 1. The van der Waals surface area contributed by atoms with Gasteiger partial charge in [-0.2, -0.15) is 5.10 Å². The van der Waals surface area contributed by atoms with Crippen LogP contribution >= 0.6 is 0 Å². The molecule has 0 saturated carbocycles. The highest BCUT2D eigenvalue weighted by Crippen LogP contribution is 2.12. The number of nitrogens with zero attached hydrogens (tertiary/aromatic N) is 3. The Morgan fingerprint density at radius 2 is 2.05 bits per heavy atom. The lowest BCUT2D eigenvalue weighted by atomic mass is 10.3. The number of anilines is 2. The van der Waals surface area contributed by atoms with Crippen molar-refractivity contribution in [1.29, 1.82) is 0 Å². The first-order valence-corrected chi connectivity index (χ1v) is 6.36. The number of hydrogen-bond donors (Lipinski definition) is 2. The van der Waals surface area contributed by atoms with E-state index in [4.69, 9.17) is 5.73 Å². The molecule has 2 heterocycles. The van der Waals surface area contributed by atoms with E-state index in [1.807, 2.05) is 12.1 Å². The number of aromatic nitrogens is 3. The van der Waals surface area contributed by atoms with Gasteiger partial charge in [-0.15, -0.1) is 0 Å². The lowest BCUT2D eigenvalue weighted by molar-refractivity contribution is 0.102. The quantitative estimate of drug-likeness (QED) is 0.719. The average Bonchev–Trinajstić information content (AvgIpc) is 2.98. The molecule has 0 aliphatic carbocycles. The van der Waals surface area contributed by atoms with E-state index in [0.29, 0.717) is 17.2 Å². The second-order valence-corrected chi connectivity index (χ2v) is 4.41. The second kappa shape index (κ2) is 5.46. The van der Waals surface area contributed by atoms with Gasteiger partial charge in [0, 0.05) is 18.1 Å². The van der Waals surface area contributed by atoms with Crippen LogP contribution < -0.4 is 11.1 Å². The first kappa shape index (κ1) is 12.9. The molecular formula is C15H13N5O. The molecule has 0 bridgehead atoms. The third-order valence-corrected chi connectivity index (χ3v) is 2.86. The Kier molecular flexibility index (Phi) is 3.34. The Balaban J connectivity index is 1.80. The molecule has 0 radical (unpaired) electrons. The predicted octanol–water partition coefficient (Wildman–Crippen LogP) is 2.10.